The molecule has 2 heterocycles. The van der Waals surface area contributed by atoms with Crippen LogP contribution in [-0.4, -0.2) is 35.4 Å². The molecule has 0 aliphatic carbocycles. The van der Waals surface area contributed by atoms with Gasteiger partial charge in [-0.2, -0.15) is 4.31 Å². The maximum absolute atomic E-state index is 13.4. The number of aromatic nitrogens is 2. The molecule has 0 N–H and O–H groups in total. The van der Waals surface area contributed by atoms with Gasteiger partial charge in [0.05, 0.1) is 6.33 Å². The van der Waals surface area contributed by atoms with E-state index in [1.54, 1.807) is 4.57 Å². The fraction of sp³-hybridized carbons (Fsp3) is 0.400. The minimum Gasteiger partial charge on any atom is -0.492 e. The number of rotatable bonds is 3. The molecule has 0 unspecified atom stereocenters. The van der Waals surface area contributed by atoms with Crippen molar-refractivity contribution in [1.82, 2.24) is 13.9 Å². The number of benzene rings is 1. The van der Waals surface area contributed by atoms with Gasteiger partial charge in [-0.15, -0.1) is 0 Å². The molecule has 124 valence electrons. The van der Waals surface area contributed by atoms with Crippen LogP contribution in [0.2, 0.25) is 0 Å². The number of halogens is 1. The van der Waals surface area contributed by atoms with E-state index in [2.05, 4.69) is 4.98 Å². The molecule has 0 saturated carbocycles. The molecule has 0 radical (unpaired) electrons. The van der Waals surface area contributed by atoms with Crippen molar-refractivity contribution in [3.8, 4) is 5.75 Å². The summed E-state index contributed by atoms with van der Waals surface area (Å²) in [6.07, 6.45) is 3.01. The molecule has 0 amide bonds. The highest BCUT2D eigenvalue weighted by atomic mass is 32.2. The van der Waals surface area contributed by atoms with Gasteiger partial charge < -0.3 is 9.30 Å². The van der Waals surface area contributed by atoms with Crippen LogP contribution >= 0.6 is 0 Å². The first-order chi connectivity index (χ1) is 10.9. The summed E-state index contributed by atoms with van der Waals surface area (Å²) in [5.41, 5.74) is 0.509. The zero-order valence-corrected chi connectivity index (χ0v) is 13.8. The monoisotopic (exact) mass is 339 g/mol. The molecule has 1 aromatic carbocycles. The Morgan fingerprint density at radius 1 is 1.35 bits per heavy atom. The van der Waals surface area contributed by atoms with E-state index in [4.69, 9.17) is 4.74 Å². The smallest absolute Gasteiger partial charge is 0.262 e. The van der Waals surface area contributed by atoms with E-state index < -0.39 is 15.8 Å². The maximum Gasteiger partial charge on any atom is 0.262 e. The summed E-state index contributed by atoms with van der Waals surface area (Å²) in [6, 6.07) is 4.24. The Morgan fingerprint density at radius 3 is 2.83 bits per heavy atom. The molecule has 1 aromatic heterocycles. The third-order valence-electron chi connectivity index (χ3n) is 3.75. The zero-order valence-electron chi connectivity index (χ0n) is 12.9. The summed E-state index contributed by atoms with van der Waals surface area (Å²) in [4.78, 5) is 4.01. The van der Waals surface area contributed by atoms with Crippen LogP contribution in [0.15, 0.2) is 35.7 Å². The lowest BCUT2D eigenvalue weighted by molar-refractivity contribution is 0.292. The SMILES string of the molecule is CC(C)n1cnc(S(=O)(=O)N2CCOc3ccc(F)cc3C2)c1. The van der Waals surface area contributed by atoms with Gasteiger partial charge in [0.1, 0.15) is 18.2 Å². The van der Waals surface area contributed by atoms with Gasteiger partial charge >= 0.3 is 0 Å². The predicted octanol–water partition coefficient (Wildman–Crippen LogP) is 2.19. The second kappa shape index (κ2) is 5.93. The molecule has 1 aliphatic rings. The fourth-order valence-corrected chi connectivity index (χ4v) is 3.73. The standard InChI is InChI=1S/C15H18FN3O3S/c1-11(2)18-9-15(17-10-18)23(20,21)19-5-6-22-14-4-3-13(16)7-12(14)8-19/h3-4,7,9-11H,5-6,8H2,1-2H3. The minimum atomic E-state index is -3.75. The molecular weight excluding hydrogens is 321 g/mol. The molecule has 6 nitrogen and oxygen atoms in total. The van der Waals surface area contributed by atoms with E-state index in [0.29, 0.717) is 11.3 Å². The van der Waals surface area contributed by atoms with Crippen molar-refractivity contribution in [3.63, 3.8) is 0 Å². The Balaban J connectivity index is 1.93. The normalized spacial score (nSPS) is 16.0. The zero-order chi connectivity index (χ0) is 16.6. The van der Waals surface area contributed by atoms with E-state index in [-0.39, 0.29) is 30.8 Å². The third kappa shape index (κ3) is 3.09. The Bertz CT molecular complexity index is 817. The van der Waals surface area contributed by atoms with E-state index >= 15 is 0 Å². The van der Waals surface area contributed by atoms with Crippen LogP contribution in [0.1, 0.15) is 25.5 Å². The number of ether oxygens (including phenoxy) is 1. The number of hydrogen-bond donors (Lipinski definition) is 0. The van der Waals surface area contributed by atoms with Gasteiger partial charge in [0.15, 0.2) is 5.03 Å². The topological polar surface area (TPSA) is 64.4 Å². The molecule has 3 rings (SSSR count). The highest BCUT2D eigenvalue weighted by molar-refractivity contribution is 7.89. The van der Waals surface area contributed by atoms with E-state index in [1.165, 1.54) is 35.0 Å². The summed E-state index contributed by atoms with van der Waals surface area (Å²) < 4.78 is 47.5. The van der Waals surface area contributed by atoms with Crippen molar-refractivity contribution in [2.75, 3.05) is 13.2 Å². The number of nitrogens with zero attached hydrogens (tertiary/aromatic N) is 3. The van der Waals surface area contributed by atoms with Crippen LogP contribution < -0.4 is 4.74 Å². The van der Waals surface area contributed by atoms with Gasteiger partial charge in [-0.05, 0) is 32.0 Å². The largest absolute Gasteiger partial charge is 0.492 e. The lowest BCUT2D eigenvalue weighted by Gasteiger charge is -2.18. The first-order valence-corrected chi connectivity index (χ1v) is 8.77. The highest BCUT2D eigenvalue weighted by Gasteiger charge is 2.29. The van der Waals surface area contributed by atoms with Crippen LogP contribution in [0.5, 0.6) is 5.75 Å². The third-order valence-corrected chi connectivity index (χ3v) is 5.48. The molecule has 0 bridgehead atoms. The van der Waals surface area contributed by atoms with Crippen molar-refractivity contribution in [2.45, 2.75) is 31.5 Å². The van der Waals surface area contributed by atoms with Crippen LogP contribution in [0.25, 0.3) is 0 Å². The van der Waals surface area contributed by atoms with E-state index in [1.807, 2.05) is 13.8 Å². The van der Waals surface area contributed by atoms with Crippen molar-refractivity contribution >= 4 is 10.0 Å². The lowest BCUT2D eigenvalue weighted by atomic mass is 10.2. The first-order valence-electron chi connectivity index (χ1n) is 7.33. The quantitative estimate of drug-likeness (QED) is 0.860. The van der Waals surface area contributed by atoms with Crippen LogP contribution in [0, 0.1) is 5.82 Å². The highest BCUT2D eigenvalue weighted by Crippen LogP contribution is 2.27. The summed E-state index contributed by atoms with van der Waals surface area (Å²) in [5, 5.41) is -0.00828. The van der Waals surface area contributed by atoms with E-state index in [0.717, 1.165) is 0 Å². The fourth-order valence-electron chi connectivity index (χ4n) is 2.41. The van der Waals surface area contributed by atoms with Crippen molar-refractivity contribution in [3.05, 3.63) is 42.1 Å². The molecule has 0 fully saturated rings. The molecule has 0 saturated heterocycles. The van der Waals surface area contributed by atoms with Crippen molar-refractivity contribution < 1.29 is 17.5 Å². The number of imidazole rings is 1. The molecule has 2 aromatic rings. The van der Waals surface area contributed by atoms with Crippen LogP contribution in [0.4, 0.5) is 4.39 Å². The van der Waals surface area contributed by atoms with Crippen molar-refractivity contribution in [1.29, 1.82) is 0 Å². The Hall–Kier alpha value is -1.93. The average molecular weight is 339 g/mol. The van der Waals surface area contributed by atoms with Gasteiger partial charge in [-0.25, -0.2) is 17.8 Å². The summed E-state index contributed by atoms with van der Waals surface area (Å²) in [5.74, 6) is 0.0903. The molecule has 23 heavy (non-hydrogen) atoms. The van der Waals surface area contributed by atoms with Crippen LogP contribution in [-0.2, 0) is 16.6 Å². The van der Waals surface area contributed by atoms with Gasteiger partial charge in [0.25, 0.3) is 10.0 Å². The summed E-state index contributed by atoms with van der Waals surface area (Å²) in [7, 11) is -3.75. The van der Waals surface area contributed by atoms with Crippen LogP contribution in [0.3, 0.4) is 0 Å². The second-order valence-electron chi connectivity index (χ2n) is 5.69. The minimum absolute atomic E-state index is 0.00828. The number of fused-ring (bicyclic) bond motifs is 1. The van der Waals surface area contributed by atoms with Gasteiger partial charge in [-0.3, -0.25) is 0 Å². The molecule has 8 heteroatoms. The summed E-state index contributed by atoms with van der Waals surface area (Å²) >= 11 is 0. The van der Waals surface area contributed by atoms with Gasteiger partial charge in [0, 0.05) is 30.9 Å². The summed E-state index contributed by atoms with van der Waals surface area (Å²) in [6.45, 7) is 4.34. The Labute approximate surface area is 134 Å². The molecule has 0 spiro atoms. The van der Waals surface area contributed by atoms with Gasteiger partial charge in [0.2, 0.25) is 0 Å². The first kappa shape index (κ1) is 15.9. The predicted molar refractivity (Wildman–Crippen MR) is 82.1 cm³/mol. The molecule has 1 aliphatic heterocycles. The van der Waals surface area contributed by atoms with Gasteiger partial charge in [-0.1, -0.05) is 0 Å². The van der Waals surface area contributed by atoms with Crippen molar-refractivity contribution in [2.24, 2.45) is 0 Å². The maximum atomic E-state index is 13.4. The Morgan fingerprint density at radius 2 is 2.13 bits per heavy atom. The number of sulfonamides is 1. The number of hydrogen-bond acceptors (Lipinski definition) is 4. The van der Waals surface area contributed by atoms with E-state index in [9.17, 15) is 12.8 Å². The second-order valence-corrected chi connectivity index (χ2v) is 7.58. The lowest BCUT2D eigenvalue weighted by Crippen LogP contribution is -2.32. The molecule has 0 atom stereocenters. The Kier molecular flexibility index (Phi) is 4.11. The molecular formula is C15H18FN3O3S. The average Bonchev–Trinajstić information content (AvgIpc) is 2.90.